The average molecular weight is 409 g/mol. The van der Waals surface area contributed by atoms with E-state index < -0.39 is 15.1 Å². The van der Waals surface area contributed by atoms with Crippen LogP contribution in [0.1, 0.15) is 42.7 Å². The van der Waals surface area contributed by atoms with Crippen molar-refractivity contribution in [1.82, 2.24) is 9.97 Å². The molecular formula is C22H24N4O2S. The van der Waals surface area contributed by atoms with Crippen molar-refractivity contribution in [3.63, 3.8) is 0 Å². The summed E-state index contributed by atoms with van der Waals surface area (Å²) in [5.74, 6) is 0.349. The third kappa shape index (κ3) is 4.54. The third-order valence-corrected chi connectivity index (χ3v) is 6.57. The Kier molecular flexibility index (Phi) is 6.45. The Labute approximate surface area is 171 Å². The summed E-state index contributed by atoms with van der Waals surface area (Å²) in [6.07, 6.45) is 3.04. The molecule has 0 aliphatic carbocycles. The Morgan fingerprint density at radius 1 is 1.03 bits per heavy atom. The summed E-state index contributed by atoms with van der Waals surface area (Å²) >= 11 is 0. The Morgan fingerprint density at radius 3 is 2.31 bits per heavy atom. The van der Waals surface area contributed by atoms with E-state index in [1.807, 2.05) is 31.2 Å². The number of hydrogen-bond acceptors (Lipinski definition) is 6. The van der Waals surface area contributed by atoms with Gasteiger partial charge in [-0.15, -0.1) is 0 Å². The molecule has 0 aliphatic rings. The molecule has 0 spiro atoms. The lowest BCUT2D eigenvalue weighted by Gasteiger charge is -2.16. The number of para-hydroxylation sites is 2. The standard InChI is InChI=1S/C22H24N4O2S/c1-3-4-7-14-24-22-21(25-18-8-5-6-9-19(18)26-22)20(15-23)29(27,28)17-12-10-16(2)11-13-17/h5-6,8-13,20H,3-4,7,14H2,1-2H3,(H,24,26). The maximum atomic E-state index is 13.2. The highest BCUT2D eigenvalue weighted by atomic mass is 32.2. The van der Waals surface area contributed by atoms with E-state index in [2.05, 4.69) is 22.2 Å². The number of aryl methyl sites for hydroxylation is 1. The van der Waals surface area contributed by atoms with Crippen molar-refractivity contribution in [3.05, 3.63) is 59.8 Å². The summed E-state index contributed by atoms with van der Waals surface area (Å²) in [5.41, 5.74) is 2.30. The van der Waals surface area contributed by atoms with Crippen molar-refractivity contribution in [2.24, 2.45) is 0 Å². The second-order valence-corrected chi connectivity index (χ2v) is 8.98. The van der Waals surface area contributed by atoms with Crippen LogP contribution >= 0.6 is 0 Å². The van der Waals surface area contributed by atoms with Gasteiger partial charge in [-0.3, -0.25) is 0 Å². The SMILES string of the molecule is CCCCCNc1nc2ccccc2nc1C(C#N)S(=O)(=O)c1ccc(C)cc1. The van der Waals surface area contributed by atoms with E-state index in [1.165, 1.54) is 12.1 Å². The fourth-order valence-electron chi connectivity index (χ4n) is 3.05. The van der Waals surface area contributed by atoms with Gasteiger partial charge in [0.1, 0.15) is 5.69 Å². The maximum Gasteiger partial charge on any atom is 0.200 e. The van der Waals surface area contributed by atoms with Crippen molar-refractivity contribution >= 4 is 26.7 Å². The van der Waals surface area contributed by atoms with E-state index in [9.17, 15) is 13.7 Å². The molecule has 7 heteroatoms. The van der Waals surface area contributed by atoms with Crippen LogP contribution in [-0.2, 0) is 9.84 Å². The minimum atomic E-state index is -3.95. The van der Waals surface area contributed by atoms with Gasteiger partial charge in [0.25, 0.3) is 0 Å². The predicted molar refractivity (Wildman–Crippen MR) is 114 cm³/mol. The Hall–Kier alpha value is -2.98. The number of fused-ring (bicyclic) bond motifs is 1. The molecule has 0 fully saturated rings. The molecule has 1 unspecified atom stereocenters. The average Bonchev–Trinajstić information content (AvgIpc) is 2.72. The Balaban J connectivity index is 2.08. The second-order valence-electron chi connectivity index (χ2n) is 6.95. The van der Waals surface area contributed by atoms with Crippen LogP contribution in [0.2, 0.25) is 0 Å². The molecule has 0 saturated carbocycles. The molecule has 0 radical (unpaired) electrons. The minimum Gasteiger partial charge on any atom is -0.368 e. The van der Waals surface area contributed by atoms with Crippen LogP contribution in [0.3, 0.4) is 0 Å². The molecule has 150 valence electrons. The summed E-state index contributed by atoms with van der Waals surface area (Å²) in [4.78, 5) is 9.20. The van der Waals surface area contributed by atoms with Gasteiger partial charge in [0, 0.05) is 6.54 Å². The number of sulfone groups is 1. The number of aromatic nitrogens is 2. The first-order valence-electron chi connectivity index (χ1n) is 9.68. The summed E-state index contributed by atoms with van der Waals surface area (Å²) in [5, 5.41) is 11.6. The Morgan fingerprint density at radius 2 is 1.69 bits per heavy atom. The van der Waals surface area contributed by atoms with Crippen molar-refractivity contribution in [3.8, 4) is 6.07 Å². The molecule has 29 heavy (non-hydrogen) atoms. The van der Waals surface area contributed by atoms with Gasteiger partial charge in [0.15, 0.2) is 11.1 Å². The number of nitriles is 1. The minimum absolute atomic E-state index is 0.0986. The monoisotopic (exact) mass is 408 g/mol. The first-order chi connectivity index (χ1) is 14.0. The molecule has 0 saturated heterocycles. The summed E-state index contributed by atoms with van der Waals surface area (Å²) in [7, 11) is -3.95. The number of benzene rings is 2. The molecular weight excluding hydrogens is 384 g/mol. The van der Waals surface area contributed by atoms with E-state index in [0.29, 0.717) is 23.4 Å². The number of anilines is 1. The van der Waals surface area contributed by atoms with Crippen molar-refractivity contribution in [2.45, 2.75) is 43.3 Å². The van der Waals surface area contributed by atoms with Gasteiger partial charge in [-0.2, -0.15) is 5.26 Å². The predicted octanol–water partition coefficient (Wildman–Crippen LogP) is 4.58. The van der Waals surface area contributed by atoms with Gasteiger partial charge in [0.05, 0.1) is 22.0 Å². The fourth-order valence-corrected chi connectivity index (χ4v) is 4.43. The zero-order chi connectivity index (χ0) is 20.9. The molecule has 3 aromatic rings. The van der Waals surface area contributed by atoms with Gasteiger partial charge in [0.2, 0.25) is 9.84 Å². The molecule has 6 nitrogen and oxygen atoms in total. The van der Waals surface area contributed by atoms with Crippen molar-refractivity contribution in [2.75, 3.05) is 11.9 Å². The highest BCUT2D eigenvalue weighted by Gasteiger charge is 2.33. The topological polar surface area (TPSA) is 95.7 Å². The van der Waals surface area contributed by atoms with E-state index in [-0.39, 0.29) is 10.6 Å². The highest BCUT2D eigenvalue weighted by molar-refractivity contribution is 7.92. The van der Waals surface area contributed by atoms with Crippen LogP contribution in [0.25, 0.3) is 11.0 Å². The molecule has 1 N–H and O–H groups in total. The lowest BCUT2D eigenvalue weighted by molar-refractivity contribution is 0.590. The van der Waals surface area contributed by atoms with Gasteiger partial charge in [-0.25, -0.2) is 18.4 Å². The fraction of sp³-hybridized carbons (Fsp3) is 0.318. The number of unbranched alkanes of at least 4 members (excludes halogenated alkanes) is 2. The molecule has 3 rings (SSSR count). The Bertz CT molecular complexity index is 1140. The van der Waals surface area contributed by atoms with Crippen LogP contribution < -0.4 is 5.32 Å². The van der Waals surface area contributed by atoms with Crippen LogP contribution in [0.15, 0.2) is 53.4 Å². The molecule has 0 bridgehead atoms. The van der Waals surface area contributed by atoms with E-state index in [4.69, 9.17) is 0 Å². The lowest BCUT2D eigenvalue weighted by atomic mass is 10.2. The number of nitrogens with one attached hydrogen (secondary N) is 1. The van der Waals surface area contributed by atoms with E-state index in [0.717, 1.165) is 24.8 Å². The summed E-state index contributed by atoms with van der Waals surface area (Å²) < 4.78 is 26.4. The highest BCUT2D eigenvalue weighted by Crippen LogP contribution is 2.32. The molecule has 1 heterocycles. The number of hydrogen-bond donors (Lipinski definition) is 1. The quantitative estimate of drug-likeness (QED) is 0.548. The van der Waals surface area contributed by atoms with Crippen LogP contribution in [0.4, 0.5) is 5.82 Å². The van der Waals surface area contributed by atoms with Crippen molar-refractivity contribution in [1.29, 1.82) is 5.26 Å². The smallest absolute Gasteiger partial charge is 0.200 e. The first-order valence-corrected chi connectivity index (χ1v) is 11.2. The van der Waals surface area contributed by atoms with Gasteiger partial charge in [-0.05, 0) is 37.6 Å². The number of nitrogens with zero attached hydrogens (tertiary/aromatic N) is 3. The van der Waals surface area contributed by atoms with Gasteiger partial charge in [-0.1, -0.05) is 49.6 Å². The molecule has 1 aromatic heterocycles. The normalized spacial score (nSPS) is 12.4. The van der Waals surface area contributed by atoms with Gasteiger partial charge >= 0.3 is 0 Å². The summed E-state index contributed by atoms with van der Waals surface area (Å²) in [6.45, 7) is 4.63. The van der Waals surface area contributed by atoms with Crippen LogP contribution in [0.5, 0.6) is 0 Å². The van der Waals surface area contributed by atoms with E-state index >= 15 is 0 Å². The molecule has 0 aliphatic heterocycles. The largest absolute Gasteiger partial charge is 0.368 e. The zero-order valence-corrected chi connectivity index (χ0v) is 17.4. The lowest BCUT2D eigenvalue weighted by Crippen LogP contribution is -2.17. The van der Waals surface area contributed by atoms with Gasteiger partial charge < -0.3 is 5.32 Å². The van der Waals surface area contributed by atoms with Crippen molar-refractivity contribution < 1.29 is 8.42 Å². The molecule has 2 aromatic carbocycles. The number of rotatable bonds is 8. The summed E-state index contributed by atoms with van der Waals surface area (Å²) in [6, 6.07) is 15.7. The first kappa shape index (κ1) is 20.7. The molecule has 0 amide bonds. The van der Waals surface area contributed by atoms with Crippen LogP contribution in [-0.4, -0.2) is 24.9 Å². The third-order valence-electron chi connectivity index (χ3n) is 4.70. The van der Waals surface area contributed by atoms with Crippen LogP contribution in [0, 0.1) is 18.3 Å². The molecule has 1 atom stereocenters. The van der Waals surface area contributed by atoms with E-state index in [1.54, 1.807) is 18.2 Å². The second kappa shape index (κ2) is 9.01. The zero-order valence-electron chi connectivity index (χ0n) is 16.6. The maximum absolute atomic E-state index is 13.2.